The number of para-hydroxylation sites is 1. The van der Waals surface area contributed by atoms with E-state index >= 15 is 0 Å². The summed E-state index contributed by atoms with van der Waals surface area (Å²) in [6.45, 7) is 4.52. The fourth-order valence-corrected chi connectivity index (χ4v) is 3.97. The van der Waals surface area contributed by atoms with E-state index in [1.165, 1.54) is 16.6 Å². The van der Waals surface area contributed by atoms with Crippen molar-refractivity contribution in [1.82, 2.24) is 19.2 Å². The molecular weight excluding hydrogens is 312 g/mol. The molecule has 1 amide bonds. The van der Waals surface area contributed by atoms with Crippen molar-refractivity contribution >= 4 is 16.8 Å². The van der Waals surface area contributed by atoms with Crippen LogP contribution in [0, 0.1) is 6.92 Å². The lowest BCUT2D eigenvalue weighted by molar-refractivity contribution is -0.132. The quantitative estimate of drug-likeness (QED) is 0.718. The molecular formula is C20H24N4O. The number of hydrogen-bond acceptors (Lipinski definition) is 2. The van der Waals surface area contributed by atoms with Gasteiger partial charge in [0.2, 0.25) is 5.91 Å². The van der Waals surface area contributed by atoms with Gasteiger partial charge < -0.3 is 9.47 Å². The first-order valence-corrected chi connectivity index (χ1v) is 9.04. The van der Waals surface area contributed by atoms with Gasteiger partial charge in [-0.1, -0.05) is 18.2 Å². The standard InChI is InChI=1S/C20H24N4O/c1-16-14-17-6-2-3-8-19(17)23(16)13-9-20(25)24-12-4-7-18(24)15-22-11-5-10-21-22/h2-3,5-6,8,10-11,14,18H,4,7,9,12-13,15H2,1H3/t18-/m1/s1. The molecule has 1 aromatic carbocycles. The zero-order valence-corrected chi connectivity index (χ0v) is 14.6. The Morgan fingerprint density at radius 1 is 1.28 bits per heavy atom. The minimum absolute atomic E-state index is 0.256. The van der Waals surface area contributed by atoms with Crippen LogP contribution < -0.4 is 0 Å². The van der Waals surface area contributed by atoms with E-state index in [4.69, 9.17) is 0 Å². The Morgan fingerprint density at radius 2 is 2.16 bits per heavy atom. The lowest BCUT2D eigenvalue weighted by Crippen LogP contribution is -2.38. The minimum atomic E-state index is 0.256. The molecule has 0 N–H and O–H groups in total. The van der Waals surface area contributed by atoms with Crippen molar-refractivity contribution < 1.29 is 4.79 Å². The molecule has 1 fully saturated rings. The van der Waals surface area contributed by atoms with E-state index in [-0.39, 0.29) is 11.9 Å². The van der Waals surface area contributed by atoms with Gasteiger partial charge in [0.1, 0.15) is 0 Å². The van der Waals surface area contributed by atoms with Gasteiger partial charge in [-0.05, 0) is 43.4 Å². The molecule has 1 aliphatic rings. The Hall–Kier alpha value is -2.56. The topological polar surface area (TPSA) is 43.1 Å². The highest BCUT2D eigenvalue weighted by molar-refractivity contribution is 5.82. The average Bonchev–Trinajstić information content (AvgIpc) is 3.33. The van der Waals surface area contributed by atoms with Crippen molar-refractivity contribution in [3.05, 3.63) is 54.5 Å². The Labute approximate surface area is 147 Å². The Kier molecular flexibility index (Phi) is 4.30. The van der Waals surface area contributed by atoms with Crippen molar-refractivity contribution in [2.75, 3.05) is 6.54 Å². The smallest absolute Gasteiger partial charge is 0.224 e. The highest BCUT2D eigenvalue weighted by Crippen LogP contribution is 2.22. The number of likely N-dealkylation sites (tertiary alicyclic amines) is 1. The first kappa shape index (κ1) is 15.9. The van der Waals surface area contributed by atoms with Crippen LogP contribution in [0.1, 0.15) is 25.0 Å². The predicted molar refractivity (Wildman–Crippen MR) is 98.3 cm³/mol. The van der Waals surface area contributed by atoms with Crippen LogP contribution in [0.25, 0.3) is 10.9 Å². The second-order valence-electron chi connectivity index (χ2n) is 6.86. The lowest BCUT2D eigenvalue weighted by atomic mass is 10.2. The molecule has 0 aliphatic carbocycles. The van der Waals surface area contributed by atoms with E-state index in [2.05, 4.69) is 51.8 Å². The number of amides is 1. The maximum atomic E-state index is 12.8. The summed E-state index contributed by atoms with van der Waals surface area (Å²) >= 11 is 0. The number of carbonyl (C=O) groups excluding carboxylic acids is 1. The first-order chi connectivity index (χ1) is 12.2. The number of aromatic nitrogens is 3. The van der Waals surface area contributed by atoms with Gasteiger partial charge in [0, 0.05) is 43.1 Å². The Bertz CT molecular complexity index is 865. The average molecular weight is 336 g/mol. The third-order valence-corrected chi connectivity index (χ3v) is 5.22. The summed E-state index contributed by atoms with van der Waals surface area (Å²) in [5.41, 5.74) is 2.42. The van der Waals surface area contributed by atoms with Crippen molar-refractivity contribution in [2.24, 2.45) is 0 Å². The largest absolute Gasteiger partial charge is 0.344 e. The molecule has 1 atom stereocenters. The Balaban J connectivity index is 1.43. The molecule has 1 aliphatic heterocycles. The van der Waals surface area contributed by atoms with Crippen LogP contribution in [0.2, 0.25) is 0 Å². The van der Waals surface area contributed by atoms with Gasteiger partial charge in [0.25, 0.3) is 0 Å². The van der Waals surface area contributed by atoms with Crippen LogP contribution in [0.5, 0.6) is 0 Å². The third kappa shape index (κ3) is 3.18. The zero-order chi connectivity index (χ0) is 17.2. The number of carbonyl (C=O) groups is 1. The van der Waals surface area contributed by atoms with E-state index in [0.29, 0.717) is 6.42 Å². The van der Waals surface area contributed by atoms with E-state index < -0.39 is 0 Å². The molecule has 0 radical (unpaired) electrons. The van der Waals surface area contributed by atoms with Gasteiger partial charge in [-0.25, -0.2) is 0 Å². The van der Waals surface area contributed by atoms with Crippen molar-refractivity contribution in [2.45, 2.75) is 45.3 Å². The van der Waals surface area contributed by atoms with Crippen LogP contribution in [0.15, 0.2) is 48.8 Å². The molecule has 0 unspecified atom stereocenters. The summed E-state index contributed by atoms with van der Waals surface area (Å²) < 4.78 is 4.19. The number of benzene rings is 1. The first-order valence-electron chi connectivity index (χ1n) is 9.04. The molecule has 4 rings (SSSR count). The van der Waals surface area contributed by atoms with Gasteiger partial charge in [0.15, 0.2) is 0 Å². The molecule has 25 heavy (non-hydrogen) atoms. The summed E-state index contributed by atoms with van der Waals surface area (Å²) in [5.74, 6) is 0.256. The molecule has 3 aromatic rings. The summed E-state index contributed by atoms with van der Waals surface area (Å²) in [6.07, 6.45) is 6.46. The second kappa shape index (κ2) is 6.75. The van der Waals surface area contributed by atoms with Gasteiger partial charge in [0.05, 0.1) is 12.6 Å². The number of nitrogens with zero attached hydrogens (tertiary/aromatic N) is 4. The monoisotopic (exact) mass is 336 g/mol. The zero-order valence-electron chi connectivity index (χ0n) is 14.6. The molecule has 130 valence electrons. The number of fused-ring (bicyclic) bond motifs is 1. The summed E-state index contributed by atoms with van der Waals surface area (Å²) in [4.78, 5) is 14.9. The van der Waals surface area contributed by atoms with E-state index in [0.717, 1.165) is 32.5 Å². The molecule has 5 nitrogen and oxygen atoms in total. The van der Waals surface area contributed by atoms with E-state index in [1.807, 2.05) is 16.9 Å². The molecule has 5 heteroatoms. The highest BCUT2D eigenvalue weighted by Gasteiger charge is 2.28. The number of hydrogen-bond donors (Lipinski definition) is 0. The molecule has 2 aromatic heterocycles. The summed E-state index contributed by atoms with van der Waals surface area (Å²) in [6, 6.07) is 12.8. The van der Waals surface area contributed by atoms with Gasteiger partial charge >= 0.3 is 0 Å². The molecule has 0 spiro atoms. The van der Waals surface area contributed by atoms with Crippen LogP contribution in [-0.2, 0) is 17.9 Å². The van der Waals surface area contributed by atoms with Crippen molar-refractivity contribution in [3.63, 3.8) is 0 Å². The number of aryl methyl sites for hydroxylation is 2. The molecule has 1 saturated heterocycles. The SMILES string of the molecule is Cc1cc2ccccc2n1CCC(=O)N1CCC[C@@H]1Cn1cccn1. The number of rotatable bonds is 5. The molecule has 0 saturated carbocycles. The molecule has 3 heterocycles. The maximum absolute atomic E-state index is 12.8. The van der Waals surface area contributed by atoms with Crippen molar-refractivity contribution in [3.8, 4) is 0 Å². The maximum Gasteiger partial charge on any atom is 0.224 e. The molecule has 0 bridgehead atoms. The van der Waals surface area contributed by atoms with Gasteiger partial charge in [-0.2, -0.15) is 5.10 Å². The minimum Gasteiger partial charge on any atom is -0.344 e. The van der Waals surface area contributed by atoms with Crippen LogP contribution in [-0.4, -0.2) is 37.7 Å². The normalized spacial score (nSPS) is 17.5. The third-order valence-electron chi connectivity index (χ3n) is 5.22. The lowest BCUT2D eigenvalue weighted by Gasteiger charge is -2.25. The predicted octanol–water partition coefficient (Wildman–Crippen LogP) is 3.23. The summed E-state index contributed by atoms with van der Waals surface area (Å²) in [5, 5.41) is 5.52. The van der Waals surface area contributed by atoms with Gasteiger partial charge in [-0.3, -0.25) is 9.48 Å². The van der Waals surface area contributed by atoms with Crippen LogP contribution in [0.3, 0.4) is 0 Å². The highest BCUT2D eigenvalue weighted by atomic mass is 16.2. The fourth-order valence-electron chi connectivity index (χ4n) is 3.97. The van der Waals surface area contributed by atoms with Crippen molar-refractivity contribution in [1.29, 1.82) is 0 Å². The second-order valence-corrected chi connectivity index (χ2v) is 6.86. The fraction of sp³-hybridized carbons (Fsp3) is 0.400. The summed E-state index contributed by atoms with van der Waals surface area (Å²) in [7, 11) is 0. The van der Waals surface area contributed by atoms with Gasteiger partial charge in [-0.15, -0.1) is 0 Å². The van der Waals surface area contributed by atoms with Crippen LogP contribution in [0.4, 0.5) is 0 Å². The Morgan fingerprint density at radius 3 is 3.00 bits per heavy atom. The van der Waals surface area contributed by atoms with E-state index in [1.54, 1.807) is 6.20 Å². The van der Waals surface area contributed by atoms with E-state index in [9.17, 15) is 4.79 Å². The van der Waals surface area contributed by atoms with Crippen LogP contribution >= 0.6 is 0 Å².